The average Bonchev–Trinajstić information content (AvgIpc) is 3.11. The number of ether oxygens (including phenoxy) is 1. The molecule has 3 rings (SSSR count). The van der Waals surface area contributed by atoms with Crippen molar-refractivity contribution in [3.8, 4) is 5.75 Å². The third kappa shape index (κ3) is 5.05. The number of carbonyl (C=O) groups excluding carboxylic acids is 2. The van der Waals surface area contributed by atoms with E-state index in [0.29, 0.717) is 42.3 Å². The predicted molar refractivity (Wildman–Crippen MR) is 111 cm³/mol. The summed E-state index contributed by atoms with van der Waals surface area (Å²) in [6.45, 7) is 2.64. The number of anilines is 2. The Hall–Kier alpha value is -3.07. The van der Waals surface area contributed by atoms with Crippen molar-refractivity contribution in [2.75, 3.05) is 35.6 Å². The van der Waals surface area contributed by atoms with E-state index in [1.165, 1.54) is 4.31 Å². The van der Waals surface area contributed by atoms with E-state index >= 15 is 0 Å². The van der Waals surface area contributed by atoms with Gasteiger partial charge in [0.15, 0.2) is 0 Å². The van der Waals surface area contributed by atoms with Gasteiger partial charge < -0.3 is 15.4 Å². The molecule has 9 heteroatoms. The van der Waals surface area contributed by atoms with E-state index in [9.17, 15) is 18.0 Å². The predicted octanol–water partition coefficient (Wildman–Crippen LogP) is 1.78. The Labute approximate surface area is 169 Å². The fraction of sp³-hybridized carbons (Fsp3) is 0.300. The van der Waals surface area contributed by atoms with Gasteiger partial charge in [-0.2, -0.15) is 0 Å². The highest BCUT2D eigenvalue weighted by molar-refractivity contribution is 7.92. The van der Waals surface area contributed by atoms with Gasteiger partial charge >= 0.3 is 0 Å². The van der Waals surface area contributed by atoms with Crippen molar-refractivity contribution in [1.29, 1.82) is 0 Å². The summed E-state index contributed by atoms with van der Waals surface area (Å²) in [7, 11) is -3.33. The molecule has 0 unspecified atom stereocenters. The maximum atomic E-state index is 12.4. The Balaban J connectivity index is 1.56. The first-order valence-corrected chi connectivity index (χ1v) is 11.0. The fourth-order valence-corrected chi connectivity index (χ4v) is 4.08. The van der Waals surface area contributed by atoms with Gasteiger partial charge in [0, 0.05) is 17.8 Å². The first-order valence-electron chi connectivity index (χ1n) is 9.19. The van der Waals surface area contributed by atoms with E-state index < -0.39 is 15.9 Å². The molecule has 0 saturated carbocycles. The Morgan fingerprint density at radius 2 is 1.86 bits per heavy atom. The molecule has 0 bridgehead atoms. The van der Waals surface area contributed by atoms with Crippen LogP contribution in [0.25, 0.3) is 0 Å². The molecular weight excluding hydrogens is 394 g/mol. The van der Waals surface area contributed by atoms with Gasteiger partial charge in [0.25, 0.3) is 5.91 Å². The van der Waals surface area contributed by atoms with Crippen molar-refractivity contribution in [3.63, 3.8) is 0 Å². The minimum absolute atomic E-state index is 0.182. The van der Waals surface area contributed by atoms with Crippen LogP contribution < -0.4 is 19.7 Å². The minimum atomic E-state index is -3.33. The highest BCUT2D eigenvalue weighted by Gasteiger charge is 2.26. The number of benzene rings is 2. The maximum absolute atomic E-state index is 12.4. The molecule has 154 valence electrons. The molecule has 0 aromatic heterocycles. The number of hydrogen-bond donors (Lipinski definition) is 2. The Morgan fingerprint density at radius 1 is 1.14 bits per heavy atom. The topological polar surface area (TPSA) is 105 Å². The van der Waals surface area contributed by atoms with Crippen LogP contribution in [0.3, 0.4) is 0 Å². The summed E-state index contributed by atoms with van der Waals surface area (Å²) in [5.74, 6) is -0.0378. The molecule has 29 heavy (non-hydrogen) atoms. The van der Waals surface area contributed by atoms with Crippen LogP contribution in [0.5, 0.6) is 5.75 Å². The van der Waals surface area contributed by atoms with Crippen LogP contribution in [0.15, 0.2) is 42.5 Å². The zero-order chi connectivity index (χ0) is 21.0. The largest absolute Gasteiger partial charge is 0.494 e. The lowest BCUT2D eigenvalue weighted by Crippen LogP contribution is -2.32. The number of rotatable bonds is 7. The SMILES string of the molecule is CCOc1ccc(NC(=O)CNC(=O)c2ccc3c(c2)CCN3S(C)(=O)=O)cc1. The van der Waals surface area contributed by atoms with Crippen molar-refractivity contribution >= 4 is 33.2 Å². The number of nitrogens with zero attached hydrogens (tertiary/aromatic N) is 1. The molecule has 0 spiro atoms. The van der Waals surface area contributed by atoms with Crippen molar-refractivity contribution in [3.05, 3.63) is 53.6 Å². The van der Waals surface area contributed by atoms with E-state index in [4.69, 9.17) is 4.74 Å². The number of carbonyl (C=O) groups is 2. The third-order valence-corrected chi connectivity index (χ3v) is 5.63. The standard InChI is InChI=1S/C20H23N3O5S/c1-3-28-17-7-5-16(6-8-17)22-19(24)13-21-20(25)15-4-9-18-14(12-15)10-11-23(18)29(2,26)27/h4-9,12H,3,10-11,13H2,1-2H3,(H,21,25)(H,22,24). The fourth-order valence-electron chi connectivity index (χ4n) is 3.13. The molecule has 2 aromatic carbocycles. The quantitative estimate of drug-likeness (QED) is 0.715. The van der Waals surface area contributed by atoms with Gasteiger partial charge in [0.05, 0.1) is 25.1 Å². The second-order valence-electron chi connectivity index (χ2n) is 6.62. The monoisotopic (exact) mass is 417 g/mol. The van der Waals surface area contributed by atoms with Crippen molar-refractivity contribution in [2.45, 2.75) is 13.3 Å². The third-order valence-electron chi connectivity index (χ3n) is 4.45. The molecule has 2 N–H and O–H groups in total. The first kappa shape index (κ1) is 20.7. The van der Waals surface area contributed by atoms with Crippen molar-refractivity contribution in [1.82, 2.24) is 5.32 Å². The molecule has 8 nitrogen and oxygen atoms in total. The van der Waals surface area contributed by atoms with Crippen LogP contribution in [-0.4, -0.2) is 46.2 Å². The number of nitrogens with one attached hydrogen (secondary N) is 2. The van der Waals surface area contributed by atoms with Crippen LogP contribution in [0.2, 0.25) is 0 Å². The number of amides is 2. The van der Waals surface area contributed by atoms with E-state index in [1.54, 1.807) is 42.5 Å². The van der Waals surface area contributed by atoms with Crippen molar-refractivity contribution < 1.29 is 22.7 Å². The van der Waals surface area contributed by atoms with Crippen LogP contribution in [0.4, 0.5) is 11.4 Å². The second kappa shape index (κ2) is 8.52. The molecule has 2 amide bonds. The first-order chi connectivity index (χ1) is 13.8. The summed E-state index contributed by atoms with van der Waals surface area (Å²) in [5.41, 5.74) is 2.37. The Morgan fingerprint density at radius 3 is 2.52 bits per heavy atom. The molecule has 0 saturated heterocycles. The summed E-state index contributed by atoms with van der Waals surface area (Å²) in [6.07, 6.45) is 1.70. The number of sulfonamides is 1. The van der Waals surface area contributed by atoms with Gasteiger partial charge in [-0.05, 0) is 61.4 Å². The van der Waals surface area contributed by atoms with Crippen LogP contribution in [0, 0.1) is 0 Å². The van der Waals surface area contributed by atoms with Gasteiger partial charge in [-0.1, -0.05) is 0 Å². The van der Waals surface area contributed by atoms with Gasteiger partial charge in [-0.25, -0.2) is 8.42 Å². The summed E-state index contributed by atoms with van der Waals surface area (Å²) in [4.78, 5) is 24.4. The molecule has 0 atom stereocenters. The second-order valence-corrected chi connectivity index (χ2v) is 8.52. The zero-order valence-corrected chi connectivity index (χ0v) is 17.1. The Bertz CT molecular complexity index is 1020. The number of fused-ring (bicyclic) bond motifs is 1. The van der Waals surface area contributed by atoms with Crippen LogP contribution in [0.1, 0.15) is 22.8 Å². The van der Waals surface area contributed by atoms with E-state index in [1.807, 2.05) is 6.92 Å². The van der Waals surface area contributed by atoms with Crippen LogP contribution >= 0.6 is 0 Å². The van der Waals surface area contributed by atoms with E-state index in [0.717, 1.165) is 11.8 Å². The minimum Gasteiger partial charge on any atom is -0.494 e. The molecule has 0 aliphatic carbocycles. The maximum Gasteiger partial charge on any atom is 0.251 e. The highest BCUT2D eigenvalue weighted by Crippen LogP contribution is 2.30. The molecule has 2 aromatic rings. The lowest BCUT2D eigenvalue weighted by molar-refractivity contribution is -0.115. The van der Waals surface area contributed by atoms with Crippen molar-refractivity contribution in [2.24, 2.45) is 0 Å². The average molecular weight is 417 g/mol. The molecule has 1 aliphatic heterocycles. The van der Waals surface area contributed by atoms with E-state index in [-0.39, 0.29) is 12.5 Å². The van der Waals surface area contributed by atoms with Gasteiger partial charge in [0.1, 0.15) is 5.75 Å². The normalized spacial score (nSPS) is 13.0. The van der Waals surface area contributed by atoms with Crippen LogP contribution in [-0.2, 0) is 21.2 Å². The summed E-state index contributed by atoms with van der Waals surface area (Å²) in [5, 5.41) is 5.28. The summed E-state index contributed by atoms with van der Waals surface area (Å²) < 4.78 is 30.3. The molecule has 1 aliphatic rings. The van der Waals surface area contributed by atoms with Gasteiger partial charge in [0.2, 0.25) is 15.9 Å². The molecule has 0 fully saturated rings. The summed E-state index contributed by atoms with van der Waals surface area (Å²) >= 11 is 0. The molecule has 1 heterocycles. The number of hydrogen-bond acceptors (Lipinski definition) is 5. The molecular formula is C20H23N3O5S. The summed E-state index contributed by atoms with van der Waals surface area (Å²) in [6, 6.07) is 11.8. The van der Waals surface area contributed by atoms with Gasteiger partial charge in [-0.3, -0.25) is 13.9 Å². The highest BCUT2D eigenvalue weighted by atomic mass is 32.2. The van der Waals surface area contributed by atoms with E-state index in [2.05, 4.69) is 10.6 Å². The molecule has 0 radical (unpaired) electrons. The lowest BCUT2D eigenvalue weighted by atomic mass is 10.1. The smallest absolute Gasteiger partial charge is 0.251 e. The lowest BCUT2D eigenvalue weighted by Gasteiger charge is -2.16. The van der Waals surface area contributed by atoms with Gasteiger partial charge in [-0.15, -0.1) is 0 Å². The zero-order valence-electron chi connectivity index (χ0n) is 16.3. The Kier molecular flexibility index (Phi) is 6.07.